The number of carbonyl (C=O) groups excluding carboxylic acids is 2. The Morgan fingerprint density at radius 3 is 2.18 bits per heavy atom. The van der Waals surface area contributed by atoms with Gasteiger partial charge in [-0.25, -0.2) is 0 Å². The molecule has 2 rings (SSSR count). The summed E-state index contributed by atoms with van der Waals surface area (Å²) < 4.78 is 5.52. The molecule has 0 saturated heterocycles. The van der Waals surface area contributed by atoms with E-state index in [1.54, 1.807) is 4.90 Å². The van der Waals surface area contributed by atoms with Crippen LogP contribution in [0.4, 0.5) is 0 Å². The summed E-state index contributed by atoms with van der Waals surface area (Å²) in [5.41, 5.74) is 1.78. The van der Waals surface area contributed by atoms with Gasteiger partial charge in [0.2, 0.25) is 11.8 Å². The van der Waals surface area contributed by atoms with Crippen molar-refractivity contribution in [2.24, 2.45) is 0 Å². The number of amides is 2. The van der Waals surface area contributed by atoms with Crippen LogP contribution in [0, 0.1) is 0 Å². The first-order valence-electron chi connectivity index (χ1n) is 9.74. The van der Waals surface area contributed by atoms with Crippen molar-refractivity contribution >= 4 is 11.8 Å². The SMILES string of the molecule is CC(=O)N(Cc1ccccc1)C(C(=O)NCCCOC(C)C)c1ccccc1. The van der Waals surface area contributed by atoms with Gasteiger partial charge in [-0.15, -0.1) is 0 Å². The summed E-state index contributed by atoms with van der Waals surface area (Å²) in [6.07, 6.45) is 0.899. The molecule has 0 fully saturated rings. The van der Waals surface area contributed by atoms with Gasteiger partial charge in [0.15, 0.2) is 0 Å². The minimum absolute atomic E-state index is 0.143. The highest BCUT2D eigenvalue weighted by Crippen LogP contribution is 2.23. The van der Waals surface area contributed by atoms with Crippen LogP contribution < -0.4 is 5.32 Å². The first-order chi connectivity index (χ1) is 13.5. The molecular formula is C23H30N2O3. The van der Waals surface area contributed by atoms with Crippen molar-refractivity contribution in [3.05, 3.63) is 71.8 Å². The van der Waals surface area contributed by atoms with Crippen LogP contribution in [0.2, 0.25) is 0 Å². The molecule has 0 aliphatic heterocycles. The Bertz CT molecular complexity index is 732. The molecule has 150 valence electrons. The van der Waals surface area contributed by atoms with Gasteiger partial charge >= 0.3 is 0 Å². The second-order valence-electron chi connectivity index (χ2n) is 7.01. The number of ether oxygens (including phenoxy) is 1. The number of nitrogens with zero attached hydrogens (tertiary/aromatic N) is 1. The van der Waals surface area contributed by atoms with Gasteiger partial charge in [0.05, 0.1) is 6.10 Å². The van der Waals surface area contributed by atoms with Crippen molar-refractivity contribution in [3.63, 3.8) is 0 Å². The van der Waals surface area contributed by atoms with Gasteiger partial charge in [0.1, 0.15) is 6.04 Å². The highest BCUT2D eigenvalue weighted by Gasteiger charge is 2.29. The van der Waals surface area contributed by atoms with E-state index in [2.05, 4.69) is 5.32 Å². The van der Waals surface area contributed by atoms with E-state index >= 15 is 0 Å². The van der Waals surface area contributed by atoms with E-state index in [-0.39, 0.29) is 17.9 Å². The highest BCUT2D eigenvalue weighted by atomic mass is 16.5. The summed E-state index contributed by atoms with van der Waals surface area (Å²) >= 11 is 0. The summed E-state index contributed by atoms with van der Waals surface area (Å²) in [6.45, 7) is 6.94. The van der Waals surface area contributed by atoms with E-state index in [1.807, 2.05) is 74.5 Å². The van der Waals surface area contributed by atoms with E-state index in [9.17, 15) is 9.59 Å². The van der Waals surface area contributed by atoms with Crippen molar-refractivity contribution in [2.75, 3.05) is 13.2 Å². The van der Waals surface area contributed by atoms with E-state index < -0.39 is 6.04 Å². The van der Waals surface area contributed by atoms with Gasteiger partial charge in [-0.3, -0.25) is 9.59 Å². The third-order valence-electron chi connectivity index (χ3n) is 4.35. The maximum atomic E-state index is 13.0. The van der Waals surface area contributed by atoms with Crippen molar-refractivity contribution in [1.82, 2.24) is 10.2 Å². The number of hydrogen-bond acceptors (Lipinski definition) is 3. The lowest BCUT2D eigenvalue weighted by atomic mass is 10.0. The van der Waals surface area contributed by atoms with E-state index in [0.717, 1.165) is 17.5 Å². The zero-order valence-corrected chi connectivity index (χ0v) is 16.9. The smallest absolute Gasteiger partial charge is 0.247 e. The minimum atomic E-state index is -0.676. The van der Waals surface area contributed by atoms with Crippen molar-refractivity contribution < 1.29 is 14.3 Å². The molecule has 2 amide bonds. The molecule has 0 aliphatic carbocycles. The summed E-state index contributed by atoms with van der Waals surface area (Å²) in [4.78, 5) is 27.1. The van der Waals surface area contributed by atoms with Crippen LogP contribution in [0.5, 0.6) is 0 Å². The molecule has 0 spiro atoms. The van der Waals surface area contributed by atoms with Crippen LogP contribution in [0.1, 0.15) is 44.4 Å². The molecule has 28 heavy (non-hydrogen) atoms. The molecule has 5 heteroatoms. The topological polar surface area (TPSA) is 58.6 Å². The van der Waals surface area contributed by atoms with Crippen LogP contribution in [0.3, 0.4) is 0 Å². The molecule has 0 bridgehead atoms. The normalized spacial score (nSPS) is 11.9. The Balaban J connectivity index is 2.15. The highest BCUT2D eigenvalue weighted by molar-refractivity contribution is 5.88. The predicted octanol–water partition coefficient (Wildman–Crippen LogP) is 3.71. The molecule has 2 aromatic carbocycles. The van der Waals surface area contributed by atoms with Gasteiger partial charge in [-0.2, -0.15) is 0 Å². The molecular weight excluding hydrogens is 352 g/mol. The van der Waals surface area contributed by atoms with E-state index in [4.69, 9.17) is 4.74 Å². The maximum absolute atomic E-state index is 13.0. The number of hydrogen-bond donors (Lipinski definition) is 1. The summed E-state index contributed by atoms with van der Waals surface area (Å²) in [5, 5.41) is 2.96. The Morgan fingerprint density at radius 1 is 1.00 bits per heavy atom. The fraction of sp³-hybridized carbons (Fsp3) is 0.391. The Hall–Kier alpha value is -2.66. The molecule has 0 aromatic heterocycles. The molecule has 0 radical (unpaired) electrons. The zero-order chi connectivity index (χ0) is 20.4. The van der Waals surface area contributed by atoms with E-state index in [1.165, 1.54) is 6.92 Å². The van der Waals surface area contributed by atoms with Crippen molar-refractivity contribution in [3.8, 4) is 0 Å². The standard InChI is InChI=1S/C23H30N2O3/c1-18(2)28-16-10-15-24-23(27)22(21-13-8-5-9-14-21)25(19(3)26)17-20-11-6-4-7-12-20/h4-9,11-14,18,22H,10,15-17H2,1-3H3,(H,24,27). The number of rotatable bonds is 10. The lowest BCUT2D eigenvalue weighted by Crippen LogP contribution is -2.43. The second kappa shape index (κ2) is 11.2. The molecule has 1 atom stereocenters. The molecule has 1 unspecified atom stereocenters. The van der Waals surface area contributed by atoms with Crippen LogP contribution >= 0.6 is 0 Å². The van der Waals surface area contributed by atoms with Gasteiger partial charge in [-0.05, 0) is 31.4 Å². The summed E-state index contributed by atoms with van der Waals surface area (Å²) in [7, 11) is 0. The van der Waals surface area contributed by atoms with Gasteiger partial charge in [0, 0.05) is 26.6 Å². The average Bonchev–Trinajstić information content (AvgIpc) is 2.68. The van der Waals surface area contributed by atoms with Crippen LogP contribution in [0.15, 0.2) is 60.7 Å². The molecule has 0 aliphatic rings. The first kappa shape index (κ1) is 21.6. The van der Waals surface area contributed by atoms with Crippen LogP contribution in [-0.2, 0) is 20.9 Å². The third-order valence-corrected chi connectivity index (χ3v) is 4.35. The number of carbonyl (C=O) groups is 2. The molecule has 1 N–H and O–H groups in total. The number of nitrogens with one attached hydrogen (secondary N) is 1. The molecule has 5 nitrogen and oxygen atoms in total. The molecule has 0 heterocycles. The largest absolute Gasteiger partial charge is 0.379 e. The fourth-order valence-corrected chi connectivity index (χ4v) is 2.97. The first-order valence-corrected chi connectivity index (χ1v) is 9.74. The molecule has 2 aromatic rings. The summed E-state index contributed by atoms with van der Waals surface area (Å²) in [6, 6.07) is 18.5. The second-order valence-corrected chi connectivity index (χ2v) is 7.01. The predicted molar refractivity (Wildman–Crippen MR) is 111 cm³/mol. The molecule has 0 saturated carbocycles. The Morgan fingerprint density at radius 2 is 1.61 bits per heavy atom. The third kappa shape index (κ3) is 6.82. The number of benzene rings is 2. The lowest BCUT2D eigenvalue weighted by molar-refractivity contribution is -0.140. The van der Waals surface area contributed by atoms with Gasteiger partial charge in [-0.1, -0.05) is 60.7 Å². The van der Waals surface area contributed by atoms with Crippen molar-refractivity contribution in [1.29, 1.82) is 0 Å². The van der Waals surface area contributed by atoms with Gasteiger partial charge < -0.3 is 15.0 Å². The van der Waals surface area contributed by atoms with Gasteiger partial charge in [0.25, 0.3) is 0 Å². The maximum Gasteiger partial charge on any atom is 0.247 e. The zero-order valence-electron chi connectivity index (χ0n) is 16.9. The quantitative estimate of drug-likeness (QED) is 0.637. The lowest BCUT2D eigenvalue weighted by Gasteiger charge is -2.30. The van der Waals surface area contributed by atoms with Crippen LogP contribution in [0.25, 0.3) is 0 Å². The summed E-state index contributed by atoms with van der Waals surface area (Å²) in [5.74, 6) is -0.321. The average molecular weight is 383 g/mol. The van der Waals surface area contributed by atoms with E-state index in [0.29, 0.717) is 19.7 Å². The van der Waals surface area contributed by atoms with Crippen LogP contribution in [-0.4, -0.2) is 36.0 Å². The monoisotopic (exact) mass is 382 g/mol. The minimum Gasteiger partial charge on any atom is -0.379 e. The Kier molecular flexibility index (Phi) is 8.69. The fourth-order valence-electron chi connectivity index (χ4n) is 2.97. The Labute approximate surface area is 167 Å². The van der Waals surface area contributed by atoms with Crippen molar-refractivity contribution in [2.45, 2.75) is 45.9 Å².